The molecule has 18 heavy (non-hydrogen) atoms. The van der Waals surface area contributed by atoms with Crippen LogP contribution in [0.2, 0.25) is 0 Å². The lowest BCUT2D eigenvalue weighted by atomic mass is 10.3. The van der Waals surface area contributed by atoms with Crippen molar-refractivity contribution in [2.24, 2.45) is 0 Å². The van der Waals surface area contributed by atoms with Gasteiger partial charge in [-0.25, -0.2) is 18.1 Å². The Kier molecular flexibility index (Phi) is 3.53. The maximum Gasteiger partial charge on any atom is 0.208 e. The van der Waals surface area contributed by atoms with E-state index in [0.29, 0.717) is 18.7 Å². The second-order valence-electron chi connectivity index (χ2n) is 3.96. The summed E-state index contributed by atoms with van der Waals surface area (Å²) in [5, 5.41) is 0. The van der Waals surface area contributed by atoms with Crippen molar-refractivity contribution in [3.63, 3.8) is 0 Å². The average molecular weight is 269 g/mol. The third kappa shape index (κ3) is 2.99. The number of hydrogen-bond acceptors (Lipinski definition) is 4. The molecule has 0 bridgehead atoms. The first kappa shape index (κ1) is 12.8. The van der Waals surface area contributed by atoms with Gasteiger partial charge in [0.2, 0.25) is 10.0 Å². The van der Waals surface area contributed by atoms with E-state index in [-0.39, 0.29) is 0 Å². The number of fused-ring (bicyclic) bond motifs is 1. The van der Waals surface area contributed by atoms with Crippen LogP contribution < -0.4 is 9.46 Å². The fourth-order valence-corrected chi connectivity index (χ4v) is 2.16. The Hall–Kier alpha value is -1.60. The maximum absolute atomic E-state index is 10.9. The second-order valence-corrected chi connectivity index (χ2v) is 5.79. The number of hydrogen-bond donors (Lipinski definition) is 1. The minimum absolute atomic E-state index is 0.338. The first-order valence-corrected chi connectivity index (χ1v) is 7.34. The number of imidazole rings is 1. The number of nitrogens with zero attached hydrogens (tertiary/aromatic N) is 2. The molecule has 0 aliphatic rings. The molecule has 0 saturated heterocycles. The van der Waals surface area contributed by atoms with Crippen LogP contribution in [0, 0.1) is 0 Å². The van der Waals surface area contributed by atoms with Gasteiger partial charge in [0, 0.05) is 25.4 Å². The highest BCUT2D eigenvalue weighted by molar-refractivity contribution is 7.88. The fraction of sp³-hybridized carbons (Fsp3) is 0.364. The monoisotopic (exact) mass is 269 g/mol. The second kappa shape index (κ2) is 4.95. The molecule has 2 aromatic rings. The predicted molar refractivity (Wildman–Crippen MR) is 68.3 cm³/mol. The lowest BCUT2D eigenvalue weighted by Crippen LogP contribution is -2.24. The van der Waals surface area contributed by atoms with Crippen LogP contribution >= 0.6 is 0 Å². The van der Waals surface area contributed by atoms with Crippen molar-refractivity contribution in [2.45, 2.75) is 6.42 Å². The first-order chi connectivity index (χ1) is 8.49. The Morgan fingerprint density at radius 3 is 2.94 bits per heavy atom. The van der Waals surface area contributed by atoms with Crippen LogP contribution in [0.3, 0.4) is 0 Å². The standard InChI is InChI=1S/C11H15N3O3S/c1-17-10-4-3-7-14-8-9(13-11(10)14)5-6-12-18(2,15)16/h3-4,7-8,12H,5-6H2,1-2H3. The SMILES string of the molecule is COc1cccn2cc(CCNS(C)(=O)=O)nc12. The van der Waals surface area contributed by atoms with Gasteiger partial charge < -0.3 is 9.14 Å². The summed E-state index contributed by atoms with van der Waals surface area (Å²) in [7, 11) is -1.55. The highest BCUT2D eigenvalue weighted by Gasteiger charge is 2.07. The van der Waals surface area contributed by atoms with Crippen LogP contribution in [-0.2, 0) is 16.4 Å². The summed E-state index contributed by atoms with van der Waals surface area (Å²) >= 11 is 0. The Balaban J connectivity index is 2.15. The van der Waals surface area contributed by atoms with E-state index in [0.717, 1.165) is 17.6 Å². The van der Waals surface area contributed by atoms with Crippen LogP contribution in [0.4, 0.5) is 0 Å². The normalized spacial score (nSPS) is 11.9. The number of methoxy groups -OCH3 is 1. The molecule has 6 nitrogen and oxygen atoms in total. The van der Waals surface area contributed by atoms with Crippen LogP contribution in [0.15, 0.2) is 24.5 Å². The predicted octanol–water partition coefficient (Wildman–Crippen LogP) is 0.435. The molecule has 0 amide bonds. The zero-order valence-corrected chi connectivity index (χ0v) is 11.1. The lowest BCUT2D eigenvalue weighted by molar-refractivity contribution is 0.417. The van der Waals surface area contributed by atoms with Gasteiger partial charge in [0.25, 0.3) is 0 Å². The van der Waals surface area contributed by atoms with E-state index in [1.165, 1.54) is 0 Å². The van der Waals surface area contributed by atoms with Gasteiger partial charge in [-0.2, -0.15) is 0 Å². The topological polar surface area (TPSA) is 72.7 Å². The molecule has 0 unspecified atom stereocenters. The summed E-state index contributed by atoms with van der Waals surface area (Å²) in [6.45, 7) is 0.338. The van der Waals surface area contributed by atoms with Gasteiger partial charge in [0.15, 0.2) is 11.4 Å². The largest absolute Gasteiger partial charge is 0.493 e. The van der Waals surface area contributed by atoms with E-state index < -0.39 is 10.0 Å². The van der Waals surface area contributed by atoms with E-state index in [1.807, 2.05) is 28.9 Å². The van der Waals surface area contributed by atoms with Crippen molar-refractivity contribution >= 4 is 15.7 Å². The Labute approximate surface area is 106 Å². The summed E-state index contributed by atoms with van der Waals surface area (Å²) in [5.41, 5.74) is 1.55. The Morgan fingerprint density at radius 2 is 2.28 bits per heavy atom. The van der Waals surface area contributed by atoms with Crippen LogP contribution in [-0.4, -0.2) is 37.7 Å². The fourth-order valence-electron chi connectivity index (χ4n) is 1.68. The van der Waals surface area contributed by atoms with Gasteiger partial charge in [-0.1, -0.05) is 0 Å². The van der Waals surface area contributed by atoms with Crippen molar-refractivity contribution < 1.29 is 13.2 Å². The van der Waals surface area contributed by atoms with E-state index in [1.54, 1.807) is 7.11 Å². The number of nitrogens with one attached hydrogen (secondary N) is 1. The van der Waals surface area contributed by atoms with Crippen molar-refractivity contribution in [1.29, 1.82) is 0 Å². The number of sulfonamides is 1. The van der Waals surface area contributed by atoms with Crippen molar-refractivity contribution in [2.75, 3.05) is 19.9 Å². The maximum atomic E-state index is 10.9. The third-order valence-corrected chi connectivity index (χ3v) is 3.19. The highest BCUT2D eigenvalue weighted by atomic mass is 32.2. The van der Waals surface area contributed by atoms with Crippen molar-refractivity contribution in [3.8, 4) is 5.75 Å². The lowest BCUT2D eigenvalue weighted by Gasteiger charge is -1.99. The van der Waals surface area contributed by atoms with Crippen LogP contribution in [0.1, 0.15) is 5.69 Å². The molecule has 98 valence electrons. The summed E-state index contributed by atoms with van der Waals surface area (Å²) in [5.74, 6) is 0.694. The average Bonchev–Trinajstić information content (AvgIpc) is 2.69. The van der Waals surface area contributed by atoms with Gasteiger partial charge >= 0.3 is 0 Å². The summed E-state index contributed by atoms with van der Waals surface area (Å²) in [6.07, 6.45) is 5.41. The van der Waals surface area contributed by atoms with E-state index >= 15 is 0 Å². The molecule has 0 aromatic carbocycles. The molecule has 2 rings (SSSR count). The highest BCUT2D eigenvalue weighted by Crippen LogP contribution is 2.18. The number of aromatic nitrogens is 2. The quantitative estimate of drug-likeness (QED) is 0.854. The molecule has 0 fully saturated rings. The van der Waals surface area contributed by atoms with E-state index in [2.05, 4.69) is 9.71 Å². The minimum Gasteiger partial charge on any atom is -0.493 e. The molecule has 2 aromatic heterocycles. The van der Waals surface area contributed by atoms with E-state index in [4.69, 9.17) is 4.74 Å². The molecule has 0 aliphatic carbocycles. The van der Waals surface area contributed by atoms with Crippen LogP contribution in [0.25, 0.3) is 5.65 Å². The van der Waals surface area contributed by atoms with Gasteiger partial charge in [-0.3, -0.25) is 0 Å². The number of ether oxygens (including phenoxy) is 1. The van der Waals surface area contributed by atoms with Crippen molar-refractivity contribution in [1.82, 2.24) is 14.1 Å². The zero-order chi connectivity index (χ0) is 13.2. The number of pyridine rings is 1. The summed E-state index contributed by atoms with van der Waals surface area (Å²) in [6, 6.07) is 3.70. The summed E-state index contributed by atoms with van der Waals surface area (Å²) in [4.78, 5) is 4.41. The van der Waals surface area contributed by atoms with Crippen molar-refractivity contribution in [3.05, 3.63) is 30.2 Å². The van der Waals surface area contributed by atoms with E-state index in [9.17, 15) is 8.42 Å². The Morgan fingerprint density at radius 1 is 1.50 bits per heavy atom. The zero-order valence-electron chi connectivity index (χ0n) is 10.3. The molecular weight excluding hydrogens is 254 g/mol. The molecule has 1 N–H and O–H groups in total. The molecule has 0 spiro atoms. The molecule has 0 aliphatic heterocycles. The third-order valence-electron chi connectivity index (χ3n) is 2.46. The molecule has 0 saturated carbocycles. The molecule has 0 atom stereocenters. The van der Waals surface area contributed by atoms with Gasteiger partial charge in [0.1, 0.15) is 0 Å². The summed E-state index contributed by atoms with van der Waals surface area (Å²) < 4.78 is 31.4. The molecule has 7 heteroatoms. The van der Waals surface area contributed by atoms with Gasteiger partial charge in [-0.15, -0.1) is 0 Å². The van der Waals surface area contributed by atoms with Gasteiger partial charge in [0.05, 0.1) is 19.1 Å². The first-order valence-electron chi connectivity index (χ1n) is 5.45. The molecule has 0 radical (unpaired) electrons. The Bertz CT molecular complexity index is 649. The minimum atomic E-state index is -3.15. The molecule has 2 heterocycles. The smallest absolute Gasteiger partial charge is 0.208 e. The van der Waals surface area contributed by atoms with Gasteiger partial charge in [-0.05, 0) is 12.1 Å². The molecular formula is C11H15N3O3S. The number of rotatable bonds is 5. The van der Waals surface area contributed by atoms with Crippen LogP contribution in [0.5, 0.6) is 5.75 Å².